The predicted molar refractivity (Wildman–Crippen MR) is 143 cm³/mol. The summed E-state index contributed by atoms with van der Waals surface area (Å²) in [5, 5.41) is 7.51. The van der Waals surface area contributed by atoms with Crippen molar-refractivity contribution in [2.45, 2.75) is 31.1 Å². The molecular weight excluding hydrogens is 490 g/mol. The maximum atomic E-state index is 13.2. The number of aryl methyl sites for hydroxylation is 3. The first kappa shape index (κ1) is 25.9. The molecule has 10 heteroatoms. The summed E-state index contributed by atoms with van der Waals surface area (Å²) in [5.74, 6) is 0.420. The Hall–Kier alpha value is -4.18. The van der Waals surface area contributed by atoms with E-state index in [-0.39, 0.29) is 23.8 Å². The van der Waals surface area contributed by atoms with Gasteiger partial charge in [-0.3, -0.25) is 14.9 Å². The van der Waals surface area contributed by atoms with Crippen LogP contribution in [0.25, 0.3) is 11.0 Å². The second-order valence-corrected chi connectivity index (χ2v) is 10.2. The number of nitrogens with two attached hydrogens (primary N) is 1. The Labute approximate surface area is 215 Å². The van der Waals surface area contributed by atoms with Gasteiger partial charge in [0.05, 0.1) is 34.6 Å². The third-order valence-electron chi connectivity index (χ3n) is 6.03. The van der Waals surface area contributed by atoms with Gasteiger partial charge in [-0.25, -0.2) is 13.4 Å². The SMILES string of the molecule is CCOC(=O)Cc1ccccc1S(=O)(=O)Nc1ccc2c(c1)nc(CCc1ccc(C(=N)N)cc1)n2C. The summed E-state index contributed by atoms with van der Waals surface area (Å²) in [6.45, 7) is 1.93. The number of anilines is 1. The van der Waals surface area contributed by atoms with Crippen molar-refractivity contribution in [2.75, 3.05) is 11.3 Å². The number of esters is 1. The van der Waals surface area contributed by atoms with Gasteiger partial charge in [-0.15, -0.1) is 0 Å². The molecule has 0 aliphatic carbocycles. The molecule has 1 aromatic heterocycles. The number of fused-ring (bicyclic) bond motifs is 1. The van der Waals surface area contributed by atoms with E-state index in [0.29, 0.717) is 28.8 Å². The molecule has 0 saturated heterocycles. The van der Waals surface area contributed by atoms with Crippen molar-refractivity contribution in [3.05, 3.63) is 89.2 Å². The zero-order valence-corrected chi connectivity index (χ0v) is 21.5. The van der Waals surface area contributed by atoms with Crippen molar-refractivity contribution >= 4 is 38.5 Å². The highest BCUT2D eigenvalue weighted by molar-refractivity contribution is 7.92. The van der Waals surface area contributed by atoms with Gasteiger partial charge in [-0.1, -0.05) is 42.5 Å². The van der Waals surface area contributed by atoms with Crippen LogP contribution in [0.3, 0.4) is 0 Å². The van der Waals surface area contributed by atoms with Crippen LogP contribution in [0.2, 0.25) is 0 Å². The maximum absolute atomic E-state index is 13.2. The molecule has 0 amide bonds. The number of nitrogens with zero attached hydrogens (tertiary/aromatic N) is 2. The normalized spacial score (nSPS) is 11.4. The molecule has 3 aromatic carbocycles. The number of aromatic nitrogens is 2. The first-order chi connectivity index (χ1) is 17.7. The van der Waals surface area contributed by atoms with Crippen LogP contribution in [0.1, 0.15) is 29.4 Å². The van der Waals surface area contributed by atoms with E-state index in [1.165, 1.54) is 6.07 Å². The van der Waals surface area contributed by atoms with Crippen LogP contribution in [-0.4, -0.2) is 36.4 Å². The van der Waals surface area contributed by atoms with E-state index in [9.17, 15) is 13.2 Å². The van der Waals surface area contributed by atoms with Crippen LogP contribution in [0.15, 0.2) is 71.6 Å². The average molecular weight is 520 g/mol. The minimum atomic E-state index is -3.95. The van der Waals surface area contributed by atoms with E-state index in [2.05, 4.69) is 4.72 Å². The molecule has 0 fully saturated rings. The number of hydrogen-bond acceptors (Lipinski definition) is 6. The van der Waals surface area contributed by atoms with E-state index in [1.807, 2.05) is 41.9 Å². The summed E-state index contributed by atoms with van der Waals surface area (Å²) in [6.07, 6.45) is 1.31. The number of nitrogen functional groups attached to an aromatic ring is 1. The highest BCUT2D eigenvalue weighted by Crippen LogP contribution is 2.24. The highest BCUT2D eigenvalue weighted by atomic mass is 32.2. The van der Waals surface area contributed by atoms with Crippen LogP contribution in [0.4, 0.5) is 5.69 Å². The van der Waals surface area contributed by atoms with Crippen molar-refractivity contribution in [1.82, 2.24) is 9.55 Å². The van der Waals surface area contributed by atoms with Gasteiger partial charge in [0.2, 0.25) is 0 Å². The number of rotatable bonds is 10. The molecule has 4 N–H and O–H groups in total. The van der Waals surface area contributed by atoms with E-state index in [4.69, 9.17) is 20.9 Å². The molecule has 4 aromatic rings. The summed E-state index contributed by atoms with van der Waals surface area (Å²) in [7, 11) is -2.02. The lowest BCUT2D eigenvalue weighted by molar-refractivity contribution is -0.142. The Balaban J connectivity index is 1.52. The Kier molecular flexibility index (Phi) is 7.58. The third-order valence-corrected chi connectivity index (χ3v) is 7.51. The maximum Gasteiger partial charge on any atom is 0.310 e. The van der Waals surface area contributed by atoms with E-state index in [0.717, 1.165) is 23.3 Å². The Bertz CT molecular complexity index is 1560. The van der Waals surface area contributed by atoms with Crippen molar-refractivity contribution in [2.24, 2.45) is 12.8 Å². The van der Waals surface area contributed by atoms with Gasteiger partial charge in [0.25, 0.3) is 10.0 Å². The Morgan fingerprint density at radius 2 is 1.81 bits per heavy atom. The fourth-order valence-electron chi connectivity index (χ4n) is 4.13. The topological polar surface area (TPSA) is 140 Å². The second kappa shape index (κ2) is 10.8. The molecule has 0 aliphatic rings. The van der Waals surface area contributed by atoms with E-state index in [1.54, 1.807) is 37.3 Å². The molecule has 4 rings (SSSR count). The predicted octanol–water partition coefficient (Wildman–Crippen LogP) is 3.55. The smallest absolute Gasteiger partial charge is 0.310 e. The van der Waals surface area contributed by atoms with Crippen LogP contribution >= 0.6 is 0 Å². The molecular formula is C27H29N5O4S. The fraction of sp³-hybridized carbons (Fsp3) is 0.222. The van der Waals surface area contributed by atoms with Gasteiger partial charge in [0.15, 0.2) is 0 Å². The van der Waals surface area contributed by atoms with Crippen LogP contribution in [-0.2, 0) is 45.9 Å². The number of amidine groups is 1. The first-order valence-electron chi connectivity index (χ1n) is 11.8. The van der Waals surface area contributed by atoms with E-state index < -0.39 is 16.0 Å². The van der Waals surface area contributed by atoms with Crippen LogP contribution < -0.4 is 10.5 Å². The number of benzene rings is 3. The quantitative estimate of drug-likeness (QED) is 0.166. The standard InChI is InChI=1S/C27H29N5O4S/c1-3-36-26(33)16-20-6-4-5-7-24(20)37(34,35)31-21-13-14-23-22(17-21)30-25(32(23)2)15-10-18-8-11-19(12-9-18)27(28)29/h4-9,11-14,17,31H,3,10,15-16H2,1-2H3,(H3,28,29). The van der Waals surface area contributed by atoms with Gasteiger partial charge in [-0.2, -0.15) is 0 Å². The summed E-state index contributed by atoms with van der Waals surface area (Å²) >= 11 is 0. The second-order valence-electron chi connectivity index (χ2n) is 8.60. The monoisotopic (exact) mass is 519 g/mol. The summed E-state index contributed by atoms with van der Waals surface area (Å²) in [6, 6.07) is 19.2. The number of carbonyl (C=O) groups is 1. The largest absolute Gasteiger partial charge is 0.466 e. The first-order valence-corrected chi connectivity index (χ1v) is 13.3. The van der Waals surface area contributed by atoms with Gasteiger partial charge >= 0.3 is 5.97 Å². The van der Waals surface area contributed by atoms with Crippen molar-refractivity contribution in [1.29, 1.82) is 5.41 Å². The van der Waals surface area contributed by atoms with Gasteiger partial charge in [-0.05, 0) is 48.7 Å². The zero-order valence-electron chi connectivity index (χ0n) is 20.7. The van der Waals surface area contributed by atoms with Crippen LogP contribution in [0.5, 0.6) is 0 Å². The number of sulfonamides is 1. The molecule has 0 atom stereocenters. The molecule has 1 heterocycles. The highest BCUT2D eigenvalue weighted by Gasteiger charge is 2.21. The summed E-state index contributed by atoms with van der Waals surface area (Å²) in [5.41, 5.74) is 9.61. The number of nitrogens with one attached hydrogen (secondary N) is 2. The Morgan fingerprint density at radius 3 is 2.51 bits per heavy atom. The minimum absolute atomic E-state index is 0.0284. The molecule has 37 heavy (non-hydrogen) atoms. The van der Waals surface area contributed by atoms with Crippen LogP contribution in [0, 0.1) is 5.41 Å². The lowest BCUT2D eigenvalue weighted by Crippen LogP contribution is -2.17. The van der Waals surface area contributed by atoms with E-state index >= 15 is 0 Å². The third kappa shape index (κ3) is 5.97. The van der Waals surface area contributed by atoms with Crippen molar-refractivity contribution in [3.8, 4) is 0 Å². The molecule has 0 aliphatic heterocycles. The number of imidazole rings is 1. The molecule has 0 spiro atoms. The number of hydrogen-bond donors (Lipinski definition) is 3. The summed E-state index contributed by atoms with van der Waals surface area (Å²) in [4.78, 5) is 16.7. The van der Waals surface area contributed by atoms with Gasteiger partial charge in [0, 0.05) is 19.0 Å². The zero-order chi connectivity index (χ0) is 26.6. The number of ether oxygens (including phenoxy) is 1. The lowest BCUT2D eigenvalue weighted by Gasteiger charge is -2.12. The molecule has 0 saturated carbocycles. The fourth-order valence-corrected chi connectivity index (χ4v) is 5.42. The average Bonchev–Trinajstić information content (AvgIpc) is 3.17. The molecule has 0 bridgehead atoms. The Morgan fingerprint density at radius 1 is 1.08 bits per heavy atom. The summed E-state index contributed by atoms with van der Waals surface area (Å²) < 4.78 is 36.0. The molecule has 0 radical (unpaired) electrons. The lowest BCUT2D eigenvalue weighted by atomic mass is 10.1. The number of carbonyl (C=O) groups excluding carboxylic acids is 1. The van der Waals surface area contributed by atoms with Gasteiger partial charge in [0.1, 0.15) is 11.7 Å². The van der Waals surface area contributed by atoms with Gasteiger partial charge < -0.3 is 15.0 Å². The molecule has 9 nitrogen and oxygen atoms in total. The van der Waals surface area contributed by atoms with Crippen molar-refractivity contribution < 1.29 is 17.9 Å². The molecule has 192 valence electrons. The minimum Gasteiger partial charge on any atom is -0.466 e. The van der Waals surface area contributed by atoms with Crippen molar-refractivity contribution in [3.63, 3.8) is 0 Å². The molecule has 0 unspecified atom stereocenters.